The van der Waals surface area contributed by atoms with Crippen LogP contribution in [0.3, 0.4) is 0 Å². The Balaban J connectivity index is 1.89. The average Bonchev–Trinajstić information content (AvgIpc) is 3.03. The number of nitrogens with zero attached hydrogens (tertiary/aromatic N) is 4. The molecule has 1 amide bonds. The molecule has 23 heavy (non-hydrogen) atoms. The van der Waals surface area contributed by atoms with Crippen molar-refractivity contribution in [3.05, 3.63) is 30.3 Å². The van der Waals surface area contributed by atoms with E-state index in [2.05, 4.69) is 15.1 Å². The summed E-state index contributed by atoms with van der Waals surface area (Å²) in [6, 6.07) is 5.38. The molecule has 0 spiro atoms. The predicted octanol–water partition coefficient (Wildman–Crippen LogP) is 1.39. The summed E-state index contributed by atoms with van der Waals surface area (Å²) in [5.74, 6) is -0.320. The van der Waals surface area contributed by atoms with Gasteiger partial charge in [-0.25, -0.2) is 0 Å². The lowest BCUT2D eigenvalue weighted by Crippen LogP contribution is -2.33. The van der Waals surface area contributed by atoms with E-state index in [0.29, 0.717) is 30.4 Å². The highest BCUT2D eigenvalue weighted by Crippen LogP contribution is 2.13. The van der Waals surface area contributed by atoms with Gasteiger partial charge in [-0.15, -0.1) is 0 Å². The zero-order valence-corrected chi connectivity index (χ0v) is 12.8. The van der Waals surface area contributed by atoms with E-state index in [4.69, 9.17) is 9.63 Å². The fraction of sp³-hybridized carbons (Fsp3) is 0.400. The van der Waals surface area contributed by atoms with E-state index in [1.807, 2.05) is 13.0 Å². The molecule has 0 saturated carbocycles. The normalized spacial score (nSPS) is 10.5. The molecule has 2 rings (SSSR count). The second-order valence-electron chi connectivity index (χ2n) is 4.84. The molecule has 0 aromatic carbocycles. The summed E-state index contributed by atoms with van der Waals surface area (Å²) >= 11 is 0. The highest BCUT2D eigenvalue weighted by molar-refractivity contribution is 5.77. The molecule has 2 aromatic rings. The van der Waals surface area contributed by atoms with Gasteiger partial charge in [0.05, 0.1) is 6.42 Å². The standard InChI is InChI=1S/C15H18N4O4/c1-2-19(10-8-14(21)22)13(20)7-6-12-17-15(18-23-12)11-5-3-4-9-16-11/h3-5,9H,2,6-8,10H2,1H3,(H,21,22). The van der Waals surface area contributed by atoms with Gasteiger partial charge in [0.1, 0.15) is 5.69 Å². The topological polar surface area (TPSA) is 109 Å². The fourth-order valence-corrected chi connectivity index (χ4v) is 2.02. The summed E-state index contributed by atoms with van der Waals surface area (Å²) in [5, 5.41) is 12.5. The second-order valence-corrected chi connectivity index (χ2v) is 4.84. The molecule has 0 aliphatic heterocycles. The Morgan fingerprint density at radius 3 is 2.78 bits per heavy atom. The number of aliphatic carboxylic acids is 1. The minimum atomic E-state index is -0.923. The number of aryl methyl sites for hydroxylation is 1. The molecule has 0 bridgehead atoms. The van der Waals surface area contributed by atoms with Crippen molar-refractivity contribution in [3.63, 3.8) is 0 Å². The zero-order valence-electron chi connectivity index (χ0n) is 12.8. The van der Waals surface area contributed by atoms with Gasteiger partial charge in [-0.1, -0.05) is 11.2 Å². The van der Waals surface area contributed by atoms with Crippen molar-refractivity contribution >= 4 is 11.9 Å². The van der Waals surface area contributed by atoms with Crippen LogP contribution >= 0.6 is 0 Å². The number of hydrogen-bond donors (Lipinski definition) is 1. The highest BCUT2D eigenvalue weighted by atomic mass is 16.5. The molecule has 0 atom stereocenters. The van der Waals surface area contributed by atoms with Gasteiger partial charge in [-0.05, 0) is 19.1 Å². The number of carbonyl (C=O) groups is 2. The van der Waals surface area contributed by atoms with E-state index in [-0.39, 0.29) is 25.3 Å². The summed E-state index contributed by atoms with van der Waals surface area (Å²) in [6.07, 6.45) is 2.07. The summed E-state index contributed by atoms with van der Waals surface area (Å²) in [6.45, 7) is 2.48. The maximum atomic E-state index is 12.1. The highest BCUT2D eigenvalue weighted by Gasteiger charge is 2.15. The summed E-state index contributed by atoms with van der Waals surface area (Å²) in [7, 11) is 0. The van der Waals surface area contributed by atoms with Crippen molar-refractivity contribution in [2.75, 3.05) is 13.1 Å². The zero-order chi connectivity index (χ0) is 16.7. The van der Waals surface area contributed by atoms with Crippen molar-refractivity contribution in [3.8, 4) is 11.5 Å². The third-order valence-corrected chi connectivity index (χ3v) is 3.24. The molecule has 2 heterocycles. The van der Waals surface area contributed by atoms with E-state index in [9.17, 15) is 9.59 Å². The van der Waals surface area contributed by atoms with Crippen LogP contribution in [0.1, 0.15) is 25.7 Å². The van der Waals surface area contributed by atoms with E-state index in [0.717, 1.165) is 0 Å². The van der Waals surface area contributed by atoms with Crippen molar-refractivity contribution in [1.82, 2.24) is 20.0 Å². The van der Waals surface area contributed by atoms with Crippen molar-refractivity contribution < 1.29 is 19.2 Å². The smallest absolute Gasteiger partial charge is 0.305 e. The maximum absolute atomic E-state index is 12.1. The van der Waals surface area contributed by atoms with Gasteiger partial charge in [0.15, 0.2) is 0 Å². The first-order chi connectivity index (χ1) is 11.1. The van der Waals surface area contributed by atoms with Crippen LogP contribution < -0.4 is 0 Å². The number of aromatic nitrogens is 3. The molecule has 0 fully saturated rings. The maximum Gasteiger partial charge on any atom is 0.305 e. The quantitative estimate of drug-likeness (QED) is 0.783. The number of amides is 1. The Bertz CT molecular complexity index is 657. The molecule has 2 aromatic heterocycles. The van der Waals surface area contributed by atoms with Gasteiger partial charge in [0, 0.05) is 32.1 Å². The lowest BCUT2D eigenvalue weighted by Gasteiger charge is -2.19. The SMILES string of the molecule is CCN(CCC(=O)O)C(=O)CCc1nc(-c2ccccn2)no1. The number of carboxylic acids is 1. The molecule has 0 aliphatic rings. The number of pyridine rings is 1. The molecule has 0 saturated heterocycles. The van der Waals surface area contributed by atoms with Crippen LogP contribution in [0.4, 0.5) is 0 Å². The third-order valence-electron chi connectivity index (χ3n) is 3.24. The van der Waals surface area contributed by atoms with Crippen LogP contribution in [0.2, 0.25) is 0 Å². The Morgan fingerprint density at radius 1 is 1.30 bits per heavy atom. The number of rotatable bonds is 8. The minimum Gasteiger partial charge on any atom is -0.481 e. The van der Waals surface area contributed by atoms with Crippen molar-refractivity contribution in [2.24, 2.45) is 0 Å². The molecule has 0 unspecified atom stereocenters. The number of carboxylic acid groups (broad SMARTS) is 1. The Hall–Kier alpha value is -2.77. The molecule has 8 nitrogen and oxygen atoms in total. The summed E-state index contributed by atoms with van der Waals surface area (Å²) in [4.78, 5) is 32.5. The lowest BCUT2D eigenvalue weighted by atomic mass is 10.2. The van der Waals surface area contributed by atoms with Crippen LogP contribution in [0.25, 0.3) is 11.5 Å². The third kappa shape index (κ3) is 4.87. The predicted molar refractivity (Wildman–Crippen MR) is 80.4 cm³/mol. The fourth-order valence-electron chi connectivity index (χ4n) is 2.02. The summed E-state index contributed by atoms with van der Waals surface area (Å²) in [5.41, 5.74) is 0.602. The van der Waals surface area contributed by atoms with Crippen LogP contribution in [-0.4, -0.2) is 50.1 Å². The van der Waals surface area contributed by atoms with Crippen LogP contribution in [-0.2, 0) is 16.0 Å². The monoisotopic (exact) mass is 318 g/mol. The Labute approximate surface area is 133 Å². The first kappa shape index (κ1) is 16.6. The first-order valence-corrected chi connectivity index (χ1v) is 7.33. The Kier molecular flexibility index (Phi) is 5.79. The van der Waals surface area contributed by atoms with Gasteiger partial charge in [-0.3, -0.25) is 14.6 Å². The van der Waals surface area contributed by atoms with Gasteiger partial charge in [0.2, 0.25) is 17.6 Å². The first-order valence-electron chi connectivity index (χ1n) is 7.33. The van der Waals surface area contributed by atoms with Gasteiger partial charge in [0.25, 0.3) is 0 Å². The summed E-state index contributed by atoms with van der Waals surface area (Å²) < 4.78 is 5.12. The molecular weight excluding hydrogens is 300 g/mol. The van der Waals surface area contributed by atoms with Gasteiger partial charge >= 0.3 is 5.97 Å². The molecule has 1 N–H and O–H groups in total. The number of hydrogen-bond acceptors (Lipinski definition) is 6. The van der Waals surface area contributed by atoms with Gasteiger partial charge in [-0.2, -0.15) is 4.98 Å². The Morgan fingerprint density at radius 2 is 2.13 bits per heavy atom. The lowest BCUT2D eigenvalue weighted by molar-refractivity contribution is -0.138. The van der Waals surface area contributed by atoms with Crippen molar-refractivity contribution in [2.45, 2.75) is 26.2 Å². The van der Waals surface area contributed by atoms with Crippen LogP contribution in [0.15, 0.2) is 28.9 Å². The average molecular weight is 318 g/mol. The number of carbonyl (C=O) groups excluding carboxylic acids is 1. The minimum absolute atomic E-state index is 0.0655. The largest absolute Gasteiger partial charge is 0.481 e. The molecular formula is C15H18N4O4. The van der Waals surface area contributed by atoms with Crippen LogP contribution in [0.5, 0.6) is 0 Å². The van der Waals surface area contributed by atoms with E-state index < -0.39 is 5.97 Å². The van der Waals surface area contributed by atoms with E-state index in [1.165, 1.54) is 4.90 Å². The molecule has 0 aliphatic carbocycles. The second kappa shape index (κ2) is 8.02. The molecule has 122 valence electrons. The van der Waals surface area contributed by atoms with E-state index in [1.54, 1.807) is 18.3 Å². The molecule has 0 radical (unpaired) electrons. The van der Waals surface area contributed by atoms with Gasteiger partial charge < -0.3 is 14.5 Å². The molecule has 8 heteroatoms. The van der Waals surface area contributed by atoms with E-state index >= 15 is 0 Å². The van der Waals surface area contributed by atoms with Crippen molar-refractivity contribution in [1.29, 1.82) is 0 Å². The van der Waals surface area contributed by atoms with Crippen LogP contribution in [0, 0.1) is 0 Å².